The SMILES string of the molecule is CCCN1CCC(CN)C1c1cc(Cl)cc(Cl)c1. The first kappa shape index (κ1) is 14.1. The molecule has 0 radical (unpaired) electrons. The van der Waals surface area contributed by atoms with E-state index in [9.17, 15) is 0 Å². The van der Waals surface area contributed by atoms with Gasteiger partial charge in [0.05, 0.1) is 0 Å². The van der Waals surface area contributed by atoms with Gasteiger partial charge in [0.1, 0.15) is 0 Å². The third-order valence-electron chi connectivity index (χ3n) is 3.67. The van der Waals surface area contributed by atoms with Gasteiger partial charge in [-0.3, -0.25) is 4.90 Å². The first-order valence-electron chi connectivity index (χ1n) is 6.55. The van der Waals surface area contributed by atoms with Crippen LogP contribution in [0.15, 0.2) is 18.2 Å². The molecule has 2 rings (SSSR count). The molecule has 2 unspecified atom stereocenters. The summed E-state index contributed by atoms with van der Waals surface area (Å²) in [5.41, 5.74) is 7.11. The second kappa shape index (κ2) is 6.25. The fraction of sp³-hybridized carbons (Fsp3) is 0.571. The number of nitrogens with two attached hydrogens (primary N) is 1. The van der Waals surface area contributed by atoms with Crippen molar-refractivity contribution in [3.05, 3.63) is 33.8 Å². The number of likely N-dealkylation sites (tertiary alicyclic amines) is 1. The first-order chi connectivity index (χ1) is 8.65. The molecular weight excluding hydrogens is 267 g/mol. The van der Waals surface area contributed by atoms with Crippen LogP contribution in [0.25, 0.3) is 0 Å². The van der Waals surface area contributed by atoms with Gasteiger partial charge in [-0.1, -0.05) is 30.1 Å². The Balaban J connectivity index is 2.30. The molecule has 0 bridgehead atoms. The minimum absolute atomic E-state index is 0.367. The molecule has 1 aromatic rings. The van der Waals surface area contributed by atoms with Crippen LogP contribution in [0.4, 0.5) is 0 Å². The van der Waals surface area contributed by atoms with Gasteiger partial charge in [-0.15, -0.1) is 0 Å². The van der Waals surface area contributed by atoms with E-state index in [-0.39, 0.29) is 0 Å². The number of hydrogen-bond donors (Lipinski definition) is 1. The summed E-state index contributed by atoms with van der Waals surface area (Å²) in [7, 11) is 0. The topological polar surface area (TPSA) is 29.3 Å². The Labute approximate surface area is 119 Å². The molecule has 0 aliphatic carbocycles. The summed E-state index contributed by atoms with van der Waals surface area (Å²) in [5.74, 6) is 0.506. The molecule has 1 saturated heterocycles. The van der Waals surface area contributed by atoms with E-state index < -0.39 is 0 Å². The van der Waals surface area contributed by atoms with Crippen molar-refractivity contribution >= 4 is 23.2 Å². The maximum atomic E-state index is 6.11. The van der Waals surface area contributed by atoms with E-state index in [1.807, 2.05) is 12.1 Å². The van der Waals surface area contributed by atoms with E-state index in [1.54, 1.807) is 6.07 Å². The zero-order chi connectivity index (χ0) is 13.1. The van der Waals surface area contributed by atoms with E-state index in [2.05, 4.69) is 11.8 Å². The Bertz CT molecular complexity index is 389. The molecule has 2 atom stereocenters. The molecule has 1 heterocycles. The lowest BCUT2D eigenvalue weighted by Crippen LogP contribution is -2.28. The fourth-order valence-electron chi connectivity index (χ4n) is 2.94. The third kappa shape index (κ3) is 3.00. The van der Waals surface area contributed by atoms with Crippen LogP contribution in [0.3, 0.4) is 0 Å². The van der Waals surface area contributed by atoms with E-state index >= 15 is 0 Å². The van der Waals surface area contributed by atoms with Crippen LogP contribution < -0.4 is 5.73 Å². The zero-order valence-electron chi connectivity index (χ0n) is 10.7. The van der Waals surface area contributed by atoms with Crippen LogP contribution in [0.5, 0.6) is 0 Å². The van der Waals surface area contributed by atoms with Crippen molar-refractivity contribution in [3.63, 3.8) is 0 Å². The number of halogens is 2. The van der Waals surface area contributed by atoms with Gasteiger partial charge in [0.2, 0.25) is 0 Å². The Kier molecular flexibility index (Phi) is 4.91. The van der Waals surface area contributed by atoms with Crippen LogP contribution in [-0.2, 0) is 0 Å². The molecule has 100 valence electrons. The Morgan fingerprint density at radius 2 is 1.94 bits per heavy atom. The summed E-state index contributed by atoms with van der Waals surface area (Å²) in [6.45, 7) is 5.14. The van der Waals surface area contributed by atoms with Gasteiger partial charge in [0.25, 0.3) is 0 Å². The molecule has 0 saturated carbocycles. The molecule has 2 N–H and O–H groups in total. The van der Waals surface area contributed by atoms with Crippen molar-refractivity contribution in [3.8, 4) is 0 Å². The summed E-state index contributed by atoms with van der Waals surface area (Å²) in [5, 5.41) is 1.41. The standard InChI is InChI=1S/C14H20Cl2N2/c1-2-4-18-5-3-10(9-17)14(18)11-6-12(15)8-13(16)7-11/h6-8,10,14H,2-5,9,17H2,1H3. The van der Waals surface area contributed by atoms with Gasteiger partial charge in [-0.2, -0.15) is 0 Å². The van der Waals surface area contributed by atoms with E-state index in [0.29, 0.717) is 22.0 Å². The molecule has 0 amide bonds. The average Bonchev–Trinajstić information content (AvgIpc) is 2.71. The van der Waals surface area contributed by atoms with Crippen molar-refractivity contribution in [2.75, 3.05) is 19.6 Å². The highest BCUT2D eigenvalue weighted by molar-refractivity contribution is 6.34. The van der Waals surface area contributed by atoms with E-state index in [0.717, 1.165) is 32.5 Å². The predicted octanol–water partition coefficient (Wildman–Crippen LogP) is 3.73. The average molecular weight is 287 g/mol. The van der Waals surface area contributed by atoms with Gasteiger partial charge >= 0.3 is 0 Å². The fourth-order valence-corrected chi connectivity index (χ4v) is 3.48. The third-order valence-corrected chi connectivity index (χ3v) is 4.10. The zero-order valence-corrected chi connectivity index (χ0v) is 12.2. The highest BCUT2D eigenvalue weighted by Gasteiger charge is 2.33. The second-order valence-corrected chi connectivity index (χ2v) is 5.84. The molecule has 0 aromatic heterocycles. The number of hydrogen-bond acceptors (Lipinski definition) is 2. The highest BCUT2D eigenvalue weighted by Crippen LogP contribution is 2.38. The molecule has 2 nitrogen and oxygen atoms in total. The van der Waals surface area contributed by atoms with Gasteiger partial charge < -0.3 is 5.73 Å². The van der Waals surface area contributed by atoms with Crippen molar-refractivity contribution in [1.29, 1.82) is 0 Å². The van der Waals surface area contributed by atoms with Crippen molar-refractivity contribution in [2.45, 2.75) is 25.8 Å². The number of benzene rings is 1. The highest BCUT2D eigenvalue weighted by atomic mass is 35.5. The Hall–Kier alpha value is -0.280. The van der Waals surface area contributed by atoms with Crippen LogP contribution >= 0.6 is 23.2 Å². The maximum Gasteiger partial charge on any atom is 0.0424 e. The molecule has 1 aliphatic rings. The van der Waals surface area contributed by atoms with Gasteiger partial charge in [0.15, 0.2) is 0 Å². The van der Waals surface area contributed by atoms with Crippen LogP contribution in [0, 0.1) is 5.92 Å². The Morgan fingerprint density at radius 3 is 2.50 bits per heavy atom. The van der Waals surface area contributed by atoms with Gasteiger partial charge in [-0.05, 0) is 62.2 Å². The van der Waals surface area contributed by atoms with E-state index in [1.165, 1.54) is 5.56 Å². The summed E-state index contributed by atoms with van der Waals surface area (Å²) < 4.78 is 0. The molecular formula is C14H20Cl2N2. The lowest BCUT2D eigenvalue weighted by Gasteiger charge is -2.28. The summed E-state index contributed by atoms with van der Waals surface area (Å²) >= 11 is 12.2. The van der Waals surface area contributed by atoms with Crippen molar-refractivity contribution in [1.82, 2.24) is 4.90 Å². The molecule has 1 aliphatic heterocycles. The maximum absolute atomic E-state index is 6.11. The normalized spacial score (nSPS) is 24.7. The predicted molar refractivity (Wildman–Crippen MR) is 78.2 cm³/mol. The lowest BCUT2D eigenvalue weighted by atomic mass is 9.94. The van der Waals surface area contributed by atoms with Gasteiger partial charge in [0, 0.05) is 16.1 Å². The molecule has 0 spiro atoms. The van der Waals surface area contributed by atoms with Gasteiger partial charge in [-0.25, -0.2) is 0 Å². The second-order valence-electron chi connectivity index (χ2n) is 4.97. The van der Waals surface area contributed by atoms with Crippen LogP contribution in [0.1, 0.15) is 31.4 Å². The van der Waals surface area contributed by atoms with E-state index in [4.69, 9.17) is 28.9 Å². The summed E-state index contributed by atoms with van der Waals surface area (Å²) in [4.78, 5) is 2.50. The number of nitrogens with zero attached hydrogens (tertiary/aromatic N) is 1. The first-order valence-corrected chi connectivity index (χ1v) is 7.31. The molecule has 4 heteroatoms. The monoisotopic (exact) mass is 286 g/mol. The van der Waals surface area contributed by atoms with Crippen molar-refractivity contribution in [2.24, 2.45) is 11.7 Å². The largest absolute Gasteiger partial charge is 0.330 e. The molecule has 1 fully saturated rings. The van der Waals surface area contributed by atoms with Crippen LogP contribution in [0.2, 0.25) is 10.0 Å². The van der Waals surface area contributed by atoms with Crippen LogP contribution in [-0.4, -0.2) is 24.5 Å². The lowest BCUT2D eigenvalue weighted by molar-refractivity contribution is 0.230. The Morgan fingerprint density at radius 1 is 1.28 bits per heavy atom. The summed E-state index contributed by atoms with van der Waals surface area (Å²) in [6, 6.07) is 6.19. The number of rotatable bonds is 4. The molecule has 1 aromatic carbocycles. The minimum atomic E-state index is 0.367. The smallest absolute Gasteiger partial charge is 0.0424 e. The quantitative estimate of drug-likeness (QED) is 0.914. The molecule has 18 heavy (non-hydrogen) atoms. The summed E-state index contributed by atoms with van der Waals surface area (Å²) in [6.07, 6.45) is 2.31. The minimum Gasteiger partial charge on any atom is -0.330 e. The van der Waals surface area contributed by atoms with Crippen molar-refractivity contribution < 1.29 is 0 Å².